The Balaban J connectivity index is 2.28. The first-order valence-corrected chi connectivity index (χ1v) is 5.75. The fourth-order valence-corrected chi connectivity index (χ4v) is 1.64. The fraction of sp³-hybridized carbons (Fsp3) is 0.0909. The molecule has 0 radical (unpaired) electrons. The van der Waals surface area contributed by atoms with Crippen LogP contribution in [0.5, 0.6) is 0 Å². The number of anilines is 1. The first-order chi connectivity index (χ1) is 8.58. The van der Waals surface area contributed by atoms with Crippen LogP contribution in [0.4, 0.5) is 5.69 Å². The lowest BCUT2D eigenvalue weighted by Gasteiger charge is -2.07. The molecule has 0 saturated carbocycles. The van der Waals surface area contributed by atoms with Crippen LogP contribution in [0, 0.1) is 6.92 Å². The summed E-state index contributed by atoms with van der Waals surface area (Å²) in [6.45, 7) is 1.79. The molecule has 0 saturated heterocycles. The Morgan fingerprint density at radius 2 is 2.11 bits per heavy atom. The van der Waals surface area contributed by atoms with Crippen molar-refractivity contribution in [1.29, 1.82) is 0 Å². The van der Waals surface area contributed by atoms with E-state index in [2.05, 4.69) is 20.5 Å². The van der Waals surface area contributed by atoms with Crippen molar-refractivity contribution >= 4 is 34.8 Å². The Hall–Kier alpha value is -1.72. The second kappa shape index (κ2) is 5.29. The van der Waals surface area contributed by atoms with Gasteiger partial charge in [0.05, 0.1) is 16.9 Å². The van der Waals surface area contributed by atoms with Crippen LogP contribution in [-0.4, -0.2) is 21.1 Å². The monoisotopic (exact) mass is 282 g/mol. The molecule has 0 atom stereocenters. The molecule has 7 heteroatoms. The van der Waals surface area contributed by atoms with Crippen LogP contribution in [0.3, 0.4) is 0 Å². The van der Waals surface area contributed by atoms with Gasteiger partial charge in [-0.25, -0.2) is 0 Å². The zero-order valence-electron chi connectivity index (χ0n) is 9.32. The summed E-state index contributed by atoms with van der Waals surface area (Å²) in [4.78, 5) is 16.1. The molecule has 5 nitrogen and oxygen atoms in total. The van der Waals surface area contributed by atoms with Crippen LogP contribution >= 0.6 is 23.2 Å². The Morgan fingerprint density at radius 1 is 1.33 bits per heavy atom. The van der Waals surface area contributed by atoms with Gasteiger partial charge in [-0.1, -0.05) is 23.2 Å². The van der Waals surface area contributed by atoms with Gasteiger partial charge >= 0.3 is 0 Å². The molecular weight excluding hydrogens is 275 g/mol. The molecule has 92 valence electrons. The Labute approximate surface area is 113 Å². The quantitative estimate of drug-likeness (QED) is 0.920. The zero-order valence-corrected chi connectivity index (χ0v) is 10.8. The second-order valence-electron chi connectivity index (χ2n) is 3.46. The minimum atomic E-state index is -0.409. The number of halogens is 2. The molecule has 0 aromatic carbocycles. The van der Waals surface area contributed by atoms with Crippen LogP contribution in [-0.2, 0) is 0 Å². The highest BCUT2D eigenvalue weighted by atomic mass is 35.5. The predicted molar refractivity (Wildman–Crippen MR) is 69.0 cm³/mol. The van der Waals surface area contributed by atoms with Gasteiger partial charge in [0.25, 0.3) is 5.91 Å². The molecule has 1 N–H and O–H groups in total. The summed E-state index contributed by atoms with van der Waals surface area (Å²) >= 11 is 11.5. The number of pyridine rings is 1. The molecule has 18 heavy (non-hydrogen) atoms. The number of nitrogens with zero attached hydrogens (tertiary/aromatic N) is 3. The van der Waals surface area contributed by atoms with E-state index >= 15 is 0 Å². The third kappa shape index (κ3) is 2.75. The summed E-state index contributed by atoms with van der Waals surface area (Å²) in [5.41, 5.74) is 1.47. The summed E-state index contributed by atoms with van der Waals surface area (Å²) in [7, 11) is 0. The molecule has 0 fully saturated rings. The van der Waals surface area contributed by atoms with E-state index in [0.717, 1.165) is 0 Å². The summed E-state index contributed by atoms with van der Waals surface area (Å²) in [6, 6.07) is 4.82. The van der Waals surface area contributed by atoms with Crippen molar-refractivity contribution in [2.45, 2.75) is 6.92 Å². The number of carbonyl (C=O) groups excluding carboxylic acids is 1. The second-order valence-corrected chi connectivity index (χ2v) is 4.21. The number of hydrogen-bond donors (Lipinski definition) is 1. The van der Waals surface area contributed by atoms with Crippen molar-refractivity contribution in [3.05, 3.63) is 46.0 Å². The van der Waals surface area contributed by atoms with Gasteiger partial charge in [-0.3, -0.25) is 9.78 Å². The van der Waals surface area contributed by atoms with Crippen molar-refractivity contribution in [3.8, 4) is 0 Å². The minimum Gasteiger partial charge on any atom is -0.320 e. The summed E-state index contributed by atoms with van der Waals surface area (Å²) in [5, 5.41) is 9.89. The van der Waals surface area contributed by atoms with Gasteiger partial charge in [-0.2, -0.15) is 0 Å². The van der Waals surface area contributed by atoms with Crippen molar-refractivity contribution < 1.29 is 4.79 Å². The summed E-state index contributed by atoms with van der Waals surface area (Å²) < 4.78 is 0. The van der Waals surface area contributed by atoms with Gasteiger partial charge in [0.15, 0.2) is 10.3 Å². The van der Waals surface area contributed by atoms with E-state index in [0.29, 0.717) is 11.4 Å². The maximum absolute atomic E-state index is 12.0. The average Bonchev–Trinajstić information content (AvgIpc) is 2.35. The van der Waals surface area contributed by atoms with Gasteiger partial charge in [0, 0.05) is 6.20 Å². The third-order valence-electron chi connectivity index (χ3n) is 2.22. The first kappa shape index (κ1) is 12.7. The van der Waals surface area contributed by atoms with Gasteiger partial charge in [-0.15, -0.1) is 10.2 Å². The lowest BCUT2D eigenvalue weighted by molar-refractivity contribution is 0.102. The van der Waals surface area contributed by atoms with Gasteiger partial charge in [0.1, 0.15) is 0 Å². The Bertz CT molecular complexity index is 603. The smallest absolute Gasteiger partial charge is 0.259 e. The third-order valence-corrected chi connectivity index (χ3v) is 2.68. The van der Waals surface area contributed by atoms with Gasteiger partial charge in [0.2, 0.25) is 0 Å². The number of aromatic nitrogens is 3. The van der Waals surface area contributed by atoms with Crippen LogP contribution < -0.4 is 5.32 Å². The van der Waals surface area contributed by atoms with Crippen LogP contribution in [0.25, 0.3) is 0 Å². The topological polar surface area (TPSA) is 67.8 Å². The molecule has 2 aromatic rings. The van der Waals surface area contributed by atoms with E-state index in [4.69, 9.17) is 23.2 Å². The van der Waals surface area contributed by atoms with Crippen molar-refractivity contribution in [2.75, 3.05) is 5.32 Å². The highest BCUT2D eigenvalue weighted by molar-refractivity contribution is 6.34. The maximum Gasteiger partial charge on any atom is 0.259 e. The standard InChI is InChI=1S/C11H8Cl2N4O/c1-6-8(3-2-4-14-6)15-11(18)7-5-9(12)16-17-10(7)13/h2-5H,1H3,(H,15,18). The van der Waals surface area contributed by atoms with E-state index < -0.39 is 5.91 Å². The molecular formula is C11H8Cl2N4O. The van der Waals surface area contributed by atoms with Crippen molar-refractivity contribution in [2.24, 2.45) is 0 Å². The number of rotatable bonds is 2. The van der Waals surface area contributed by atoms with Crippen LogP contribution in [0.2, 0.25) is 10.3 Å². The molecule has 0 spiro atoms. The molecule has 0 bridgehead atoms. The van der Waals surface area contributed by atoms with Crippen molar-refractivity contribution in [1.82, 2.24) is 15.2 Å². The lowest BCUT2D eigenvalue weighted by atomic mass is 10.2. The maximum atomic E-state index is 12.0. The van der Waals surface area contributed by atoms with E-state index in [9.17, 15) is 4.79 Å². The van der Waals surface area contributed by atoms with E-state index in [1.54, 1.807) is 25.3 Å². The Kier molecular flexibility index (Phi) is 3.74. The number of carbonyl (C=O) groups is 1. The number of amides is 1. The van der Waals surface area contributed by atoms with Crippen molar-refractivity contribution in [3.63, 3.8) is 0 Å². The lowest BCUT2D eigenvalue weighted by Crippen LogP contribution is -2.14. The average molecular weight is 283 g/mol. The molecule has 2 rings (SSSR count). The normalized spacial score (nSPS) is 10.2. The van der Waals surface area contributed by atoms with Crippen LogP contribution in [0.15, 0.2) is 24.4 Å². The fourth-order valence-electron chi connectivity index (χ4n) is 1.32. The SMILES string of the molecule is Cc1ncccc1NC(=O)c1cc(Cl)nnc1Cl. The number of nitrogens with one attached hydrogen (secondary N) is 1. The Morgan fingerprint density at radius 3 is 2.83 bits per heavy atom. The highest BCUT2D eigenvalue weighted by Gasteiger charge is 2.14. The zero-order chi connectivity index (χ0) is 13.1. The van der Waals surface area contributed by atoms with E-state index in [1.165, 1.54) is 6.07 Å². The predicted octanol–water partition coefficient (Wildman–Crippen LogP) is 2.74. The molecule has 1 amide bonds. The van der Waals surface area contributed by atoms with E-state index in [1.807, 2.05) is 0 Å². The number of hydrogen-bond acceptors (Lipinski definition) is 4. The highest BCUT2D eigenvalue weighted by Crippen LogP contribution is 2.18. The molecule has 2 heterocycles. The summed E-state index contributed by atoms with van der Waals surface area (Å²) in [5.74, 6) is -0.409. The molecule has 2 aromatic heterocycles. The van der Waals surface area contributed by atoms with Crippen LogP contribution in [0.1, 0.15) is 16.1 Å². The minimum absolute atomic E-state index is 0.00144. The van der Waals surface area contributed by atoms with Gasteiger partial charge < -0.3 is 5.32 Å². The molecule has 0 aliphatic rings. The molecule has 0 unspecified atom stereocenters. The van der Waals surface area contributed by atoms with Gasteiger partial charge in [-0.05, 0) is 25.1 Å². The van der Waals surface area contributed by atoms with E-state index in [-0.39, 0.29) is 15.9 Å². The number of aryl methyl sites for hydroxylation is 1. The largest absolute Gasteiger partial charge is 0.320 e. The molecule has 0 aliphatic heterocycles. The molecule has 0 aliphatic carbocycles. The first-order valence-electron chi connectivity index (χ1n) is 4.99. The summed E-state index contributed by atoms with van der Waals surface area (Å²) in [6.07, 6.45) is 1.64.